The highest BCUT2D eigenvalue weighted by Gasteiger charge is 2.36. The molecule has 0 saturated carbocycles. The first-order chi connectivity index (χ1) is 14.9. The zero-order valence-electron chi connectivity index (χ0n) is 16.4. The van der Waals surface area contributed by atoms with Crippen LogP contribution in [0.25, 0.3) is 10.6 Å². The van der Waals surface area contributed by atoms with Crippen molar-refractivity contribution >= 4 is 17.2 Å². The topological polar surface area (TPSA) is 72.7 Å². The van der Waals surface area contributed by atoms with Crippen LogP contribution in [0.3, 0.4) is 0 Å². The lowest BCUT2D eigenvalue weighted by Crippen LogP contribution is -2.32. The van der Waals surface area contributed by atoms with Crippen LogP contribution < -0.4 is 5.32 Å². The van der Waals surface area contributed by atoms with Gasteiger partial charge in [0.25, 0.3) is 5.91 Å². The number of carbonyl (C=O) groups excluding carboxylic acids is 1. The molecule has 0 bridgehead atoms. The fourth-order valence-electron chi connectivity index (χ4n) is 3.45. The molecule has 3 aromatic heterocycles. The van der Waals surface area contributed by atoms with E-state index < -0.39 is 35.7 Å². The number of aromatic nitrogens is 4. The average Bonchev–Trinajstić information content (AvgIpc) is 3.32. The van der Waals surface area contributed by atoms with Gasteiger partial charge in [-0.15, -0.1) is 11.3 Å². The van der Waals surface area contributed by atoms with E-state index in [2.05, 4.69) is 20.4 Å². The number of nitrogens with one attached hydrogen (secondary N) is 1. The predicted molar refractivity (Wildman–Crippen MR) is 102 cm³/mol. The van der Waals surface area contributed by atoms with Crippen LogP contribution in [0.4, 0.5) is 26.3 Å². The lowest BCUT2D eigenvalue weighted by atomic mass is 9.97. The lowest BCUT2D eigenvalue weighted by Gasteiger charge is -2.22. The van der Waals surface area contributed by atoms with E-state index >= 15 is 0 Å². The standard InChI is InChI=1S/C19H15F6N5OS/c1-30-11(8-14(29-30)19(23,24)25)16(31)27-10-3-2-4-12-15(10)28-17(32-12)9-5-6-26-13(7-9)18(20,21)22/h5-8,10H,2-4H2,1H3,(H,27,31). The minimum absolute atomic E-state index is 0.248. The van der Waals surface area contributed by atoms with Gasteiger partial charge in [-0.2, -0.15) is 31.4 Å². The van der Waals surface area contributed by atoms with Gasteiger partial charge in [0.1, 0.15) is 16.4 Å². The Kier molecular flexibility index (Phi) is 5.47. The minimum Gasteiger partial charge on any atom is -0.342 e. The second-order valence-corrected chi connectivity index (χ2v) is 8.29. The van der Waals surface area contributed by atoms with Crippen molar-refractivity contribution in [1.29, 1.82) is 0 Å². The van der Waals surface area contributed by atoms with Crippen molar-refractivity contribution in [2.75, 3.05) is 0 Å². The molecule has 3 aromatic rings. The highest BCUT2D eigenvalue weighted by molar-refractivity contribution is 7.15. The monoisotopic (exact) mass is 475 g/mol. The Balaban J connectivity index is 1.60. The molecular weight excluding hydrogens is 460 g/mol. The number of rotatable bonds is 3. The van der Waals surface area contributed by atoms with Gasteiger partial charge < -0.3 is 5.32 Å². The van der Waals surface area contributed by atoms with Gasteiger partial charge in [-0.3, -0.25) is 14.5 Å². The molecule has 32 heavy (non-hydrogen) atoms. The molecule has 6 nitrogen and oxygen atoms in total. The Labute approximate surface area is 181 Å². The summed E-state index contributed by atoms with van der Waals surface area (Å²) in [4.78, 5) is 21.2. The van der Waals surface area contributed by atoms with Crippen molar-refractivity contribution in [3.63, 3.8) is 0 Å². The number of amides is 1. The molecule has 13 heteroatoms. The van der Waals surface area contributed by atoms with Crippen LogP contribution in [-0.4, -0.2) is 25.7 Å². The molecule has 0 saturated heterocycles. The summed E-state index contributed by atoms with van der Waals surface area (Å²) in [5.74, 6) is -0.744. The van der Waals surface area contributed by atoms with Crippen molar-refractivity contribution in [2.45, 2.75) is 37.7 Å². The van der Waals surface area contributed by atoms with E-state index in [1.54, 1.807) is 0 Å². The Bertz CT molecular complexity index is 1170. The summed E-state index contributed by atoms with van der Waals surface area (Å²) in [6.45, 7) is 0. The number of nitrogens with zero attached hydrogens (tertiary/aromatic N) is 4. The summed E-state index contributed by atoms with van der Waals surface area (Å²) < 4.78 is 78.4. The molecule has 0 spiro atoms. The van der Waals surface area contributed by atoms with Crippen LogP contribution in [0, 0.1) is 0 Å². The summed E-state index contributed by atoms with van der Waals surface area (Å²) in [5, 5.41) is 6.36. The number of halogens is 6. The fourth-order valence-corrected chi connectivity index (χ4v) is 4.61. The van der Waals surface area contributed by atoms with Crippen LogP contribution >= 0.6 is 11.3 Å². The summed E-state index contributed by atoms with van der Waals surface area (Å²) in [6, 6.07) is 2.42. The van der Waals surface area contributed by atoms with Crippen LogP contribution in [0.2, 0.25) is 0 Å². The zero-order chi connectivity index (χ0) is 23.3. The molecular formula is C19H15F6N5OS. The quantitative estimate of drug-likeness (QED) is 0.554. The van der Waals surface area contributed by atoms with E-state index in [9.17, 15) is 31.1 Å². The van der Waals surface area contributed by atoms with Gasteiger partial charge in [0.05, 0.1) is 11.7 Å². The lowest BCUT2D eigenvalue weighted by molar-refractivity contribution is -0.142. The van der Waals surface area contributed by atoms with Crippen molar-refractivity contribution in [3.05, 3.63) is 52.0 Å². The van der Waals surface area contributed by atoms with E-state index in [1.165, 1.54) is 24.5 Å². The molecule has 1 N–H and O–H groups in total. The van der Waals surface area contributed by atoms with Gasteiger partial charge in [-0.05, 0) is 31.4 Å². The summed E-state index contributed by atoms with van der Waals surface area (Å²) in [6.07, 6.45) is -6.41. The SMILES string of the molecule is Cn1nc(C(F)(F)F)cc1C(=O)NC1CCCc2sc(-c3ccnc(C(F)(F)F)c3)nc21. The normalized spacial score (nSPS) is 16.7. The average molecular weight is 475 g/mol. The molecule has 1 amide bonds. The van der Waals surface area contributed by atoms with Gasteiger partial charge in [-0.1, -0.05) is 0 Å². The first-order valence-electron chi connectivity index (χ1n) is 9.39. The largest absolute Gasteiger partial charge is 0.435 e. The van der Waals surface area contributed by atoms with Gasteiger partial charge in [0.2, 0.25) is 0 Å². The molecule has 1 atom stereocenters. The van der Waals surface area contributed by atoms with Crippen LogP contribution in [0.5, 0.6) is 0 Å². The number of alkyl halides is 6. The number of hydrogen-bond donors (Lipinski definition) is 1. The summed E-state index contributed by atoms with van der Waals surface area (Å²) >= 11 is 1.22. The van der Waals surface area contributed by atoms with Crippen LogP contribution in [-0.2, 0) is 25.8 Å². The molecule has 1 unspecified atom stereocenters. The summed E-state index contributed by atoms with van der Waals surface area (Å²) in [7, 11) is 1.24. The fraction of sp³-hybridized carbons (Fsp3) is 0.368. The van der Waals surface area contributed by atoms with Crippen molar-refractivity contribution in [2.24, 2.45) is 7.05 Å². The molecule has 1 aliphatic carbocycles. The third kappa shape index (κ3) is 4.33. The Morgan fingerprint density at radius 3 is 2.53 bits per heavy atom. The summed E-state index contributed by atoms with van der Waals surface area (Å²) in [5.41, 5.74) is -1.72. The Hall–Kier alpha value is -2.96. The number of thiazole rings is 1. The molecule has 0 aromatic carbocycles. The number of aryl methyl sites for hydroxylation is 2. The molecule has 1 aliphatic rings. The predicted octanol–water partition coefficient (Wildman–Crippen LogP) is 4.78. The Morgan fingerprint density at radius 1 is 1.16 bits per heavy atom. The molecule has 3 heterocycles. The first-order valence-corrected chi connectivity index (χ1v) is 10.2. The molecule has 0 aliphatic heterocycles. The van der Waals surface area contributed by atoms with E-state index in [1.807, 2.05) is 0 Å². The molecule has 170 valence electrons. The maximum Gasteiger partial charge on any atom is 0.435 e. The highest BCUT2D eigenvalue weighted by Crippen LogP contribution is 2.38. The molecule has 0 radical (unpaired) electrons. The maximum atomic E-state index is 13.0. The smallest absolute Gasteiger partial charge is 0.342 e. The van der Waals surface area contributed by atoms with Crippen LogP contribution in [0.15, 0.2) is 24.4 Å². The Morgan fingerprint density at radius 2 is 1.88 bits per heavy atom. The second kappa shape index (κ2) is 7.87. The number of hydrogen-bond acceptors (Lipinski definition) is 5. The number of carbonyl (C=O) groups is 1. The van der Waals surface area contributed by atoms with Gasteiger partial charge >= 0.3 is 12.4 Å². The van der Waals surface area contributed by atoms with E-state index in [0.29, 0.717) is 36.0 Å². The molecule has 4 rings (SSSR count). The highest BCUT2D eigenvalue weighted by atomic mass is 32.1. The zero-order valence-corrected chi connectivity index (χ0v) is 17.2. The van der Waals surface area contributed by atoms with E-state index in [4.69, 9.17) is 0 Å². The first kappa shape index (κ1) is 22.2. The molecule has 0 fully saturated rings. The second-order valence-electron chi connectivity index (χ2n) is 7.21. The van der Waals surface area contributed by atoms with Crippen LogP contribution in [0.1, 0.15) is 51.3 Å². The van der Waals surface area contributed by atoms with Gasteiger partial charge in [0, 0.05) is 29.8 Å². The van der Waals surface area contributed by atoms with Gasteiger partial charge in [-0.25, -0.2) is 4.98 Å². The third-order valence-electron chi connectivity index (χ3n) is 4.96. The van der Waals surface area contributed by atoms with Crippen molar-refractivity contribution in [1.82, 2.24) is 25.1 Å². The number of fused-ring (bicyclic) bond motifs is 1. The van der Waals surface area contributed by atoms with Crippen molar-refractivity contribution in [3.8, 4) is 10.6 Å². The minimum atomic E-state index is -4.68. The van der Waals surface area contributed by atoms with Gasteiger partial charge in [0.15, 0.2) is 5.69 Å². The third-order valence-corrected chi connectivity index (χ3v) is 6.14. The van der Waals surface area contributed by atoms with E-state index in [-0.39, 0.29) is 11.3 Å². The van der Waals surface area contributed by atoms with Crippen molar-refractivity contribution < 1.29 is 31.1 Å². The maximum absolute atomic E-state index is 13.0. The van der Waals surface area contributed by atoms with E-state index in [0.717, 1.165) is 21.8 Å². The number of pyridine rings is 1.